The topological polar surface area (TPSA) is 143 Å². The highest BCUT2D eigenvalue weighted by Crippen LogP contribution is 2.51. The van der Waals surface area contributed by atoms with Gasteiger partial charge >= 0.3 is 0 Å². The van der Waals surface area contributed by atoms with E-state index in [-0.39, 0.29) is 28.7 Å². The lowest BCUT2D eigenvalue weighted by Gasteiger charge is -2.42. The number of Topliss-reactive ketones (excluding diaryl/α,β-unsaturated/α-hetero) is 1. The number of methoxy groups -OCH3 is 2. The van der Waals surface area contributed by atoms with Crippen LogP contribution in [0, 0.1) is 16.7 Å². The number of nitrogens with zero attached hydrogens (tertiary/aromatic N) is 4. The first-order valence-electron chi connectivity index (χ1n) is 12.6. The minimum atomic E-state index is -0.503. The number of thiophene rings is 1. The van der Waals surface area contributed by atoms with Gasteiger partial charge in [0.15, 0.2) is 21.6 Å². The number of rotatable bonds is 8. The van der Waals surface area contributed by atoms with Gasteiger partial charge in [-0.05, 0) is 35.4 Å². The number of ketones is 1. The van der Waals surface area contributed by atoms with Gasteiger partial charge in [0, 0.05) is 34.3 Å². The molecule has 0 radical (unpaired) electrons. The van der Waals surface area contributed by atoms with E-state index in [1.54, 1.807) is 30.2 Å². The van der Waals surface area contributed by atoms with Crippen molar-refractivity contribution in [1.29, 1.82) is 5.26 Å². The van der Waals surface area contributed by atoms with Crippen LogP contribution >= 0.6 is 34.4 Å². The monoisotopic (exact) mass is 608 g/mol. The molecule has 1 aromatic carbocycles. The first kappa shape index (κ1) is 28.7. The molecule has 0 bridgehead atoms. The van der Waals surface area contributed by atoms with Crippen molar-refractivity contribution in [3.63, 3.8) is 0 Å². The fourth-order valence-corrected chi connectivity index (χ4v) is 7.58. The molecule has 1 amide bonds. The van der Waals surface area contributed by atoms with Crippen molar-refractivity contribution in [2.45, 2.75) is 36.9 Å². The first-order chi connectivity index (χ1) is 19.7. The van der Waals surface area contributed by atoms with E-state index in [0.29, 0.717) is 50.6 Å². The highest BCUT2D eigenvalue weighted by molar-refractivity contribution is 8.01. The maximum absolute atomic E-state index is 13.6. The molecular weight excluding hydrogens is 581 g/mol. The highest BCUT2D eigenvalue weighted by Gasteiger charge is 2.45. The molecule has 1 aliphatic heterocycles. The number of anilines is 2. The van der Waals surface area contributed by atoms with Crippen molar-refractivity contribution in [1.82, 2.24) is 10.2 Å². The maximum Gasteiger partial charge on any atom is 0.234 e. The molecule has 1 unspecified atom stereocenters. The Hall–Kier alpha value is -3.86. The van der Waals surface area contributed by atoms with Crippen LogP contribution in [-0.2, 0) is 9.59 Å². The Morgan fingerprint density at radius 3 is 2.71 bits per heavy atom. The minimum Gasteiger partial charge on any atom is -0.493 e. The highest BCUT2D eigenvalue weighted by atomic mass is 32.2. The average Bonchev–Trinajstić information content (AvgIpc) is 3.63. The molecule has 0 saturated carbocycles. The number of ether oxygens (including phenoxy) is 2. The summed E-state index contributed by atoms with van der Waals surface area (Å²) in [5.41, 5.74) is 8.60. The largest absolute Gasteiger partial charge is 0.493 e. The molecule has 3 aromatic rings. The standard InChI is InChI=1S/C28H28N6O4S3/c1-28(2)11-17-24(18(35)12-28)23(21-6-5-9-39-21)16(13-29)25(30)34(17)26-32-33-27(41-26)40-14-22(36)31-15-7-8-19(37-3)20(10-15)38-4/h5-10,23H,11-12,14,30H2,1-4H3,(H,31,36). The summed E-state index contributed by atoms with van der Waals surface area (Å²) in [4.78, 5) is 28.8. The zero-order chi connectivity index (χ0) is 29.3. The van der Waals surface area contributed by atoms with Gasteiger partial charge in [0.25, 0.3) is 0 Å². The number of allylic oxidation sites excluding steroid dienone is 3. The van der Waals surface area contributed by atoms with Crippen LogP contribution in [-0.4, -0.2) is 41.9 Å². The Labute approximate surface area is 249 Å². The molecule has 0 fully saturated rings. The first-order valence-corrected chi connectivity index (χ1v) is 15.3. The Balaban J connectivity index is 1.39. The van der Waals surface area contributed by atoms with Gasteiger partial charge in [-0.15, -0.1) is 21.5 Å². The van der Waals surface area contributed by atoms with Crippen LogP contribution in [0.1, 0.15) is 37.5 Å². The second-order valence-corrected chi connectivity index (χ2v) is 13.4. The number of thioether (sulfide) groups is 1. The van der Waals surface area contributed by atoms with E-state index in [1.807, 2.05) is 31.4 Å². The average molecular weight is 609 g/mol. The molecule has 3 heterocycles. The van der Waals surface area contributed by atoms with Gasteiger partial charge in [-0.25, -0.2) is 0 Å². The molecule has 2 aromatic heterocycles. The smallest absolute Gasteiger partial charge is 0.234 e. The van der Waals surface area contributed by atoms with Crippen molar-refractivity contribution in [3.8, 4) is 17.6 Å². The van der Waals surface area contributed by atoms with Crippen LogP contribution in [0.2, 0.25) is 0 Å². The van der Waals surface area contributed by atoms with Crippen molar-refractivity contribution in [2.24, 2.45) is 11.1 Å². The second-order valence-electron chi connectivity index (χ2n) is 10.3. The summed E-state index contributed by atoms with van der Waals surface area (Å²) in [7, 11) is 3.08. The summed E-state index contributed by atoms with van der Waals surface area (Å²) < 4.78 is 11.1. The fourth-order valence-electron chi connectivity index (χ4n) is 5.06. The van der Waals surface area contributed by atoms with Gasteiger partial charge < -0.3 is 20.5 Å². The number of hydrogen-bond donors (Lipinski definition) is 2. The third kappa shape index (κ3) is 5.68. The summed E-state index contributed by atoms with van der Waals surface area (Å²) in [6.45, 7) is 4.09. The van der Waals surface area contributed by atoms with E-state index >= 15 is 0 Å². The maximum atomic E-state index is 13.6. The molecule has 212 valence electrons. The summed E-state index contributed by atoms with van der Waals surface area (Å²) in [6.07, 6.45) is 0.970. The number of nitrogens with two attached hydrogens (primary N) is 1. The number of aromatic nitrogens is 2. The molecule has 13 heteroatoms. The molecule has 1 atom stereocenters. The predicted molar refractivity (Wildman–Crippen MR) is 160 cm³/mol. The van der Waals surface area contributed by atoms with Crippen LogP contribution in [0.5, 0.6) is 11.5 Å². The van der Waals surface area contributed by atoms with E-state index in [9.17, 15) is 14.9 Å². The Morgan fingerprint density at radius 2 is 2.02 bits per heavy atom. The van der Waals surface area contributed by atoms with Crippen molar-refractivity contribution >= 4 is 56.9 Å². The van der Waals surface area contributed by atoms with Gasteiger partial charge in [0.1, 0.15) is 5.82 Å². The number of hydrogen-bond acceptors (Lipinski definition) is 12. The van der Waals surface area contributed by atoms with Crippen molar-refractivity contribution < 1.29 is 19.1 Å². The van der Waals surface area contributed by atoms with Crippen LogP contribution in [0.4, 0.5) is 10.8 Å². The Morgan fingerprint density at radius 1 is 1.24 bits per heavy atom. The number of nitriles is 1. The second kappa shape index (κ2) is 11.6. The zero-order valence-electron chi connectivity index (χ0n) is 22.9. The quantitative estimate of drug-likeness (QED) is 0.324. The summed E-state index contributed by atoms with van der Waals surface area (Å²) in [5, 5.41) is 24.0. The SMILES string of the molecule is COc1ccc(NC(=O)CSc2nnc(N3C(N)=C(C#N)C(c4cccs4)C4=C3CC(C)(C)CC4=O)s2)cc1OC. The lowest BCUT2D eigenvalue weighted by molar-refractivity contribution is -0.118. The molecule has 2 aliphatic rings. The number of benzene rings is 1. The van der Waals surface area contributed by atoms with Crippen LogP contribution in [0.15, 0.2) is 62.7 Å². The van der Waals surface area contributed by atoms with E-state index in [2.05, 4.69) is 21.6 Å². The lowest BCUT2D eigenvalue weighted by Crippen LogP contribution is -2.42. The van der Waals surface area contributed by atoms with Crippen molar-refractivity contribution in [3.05, 3.63) is 63.3 Å². The number of carbonyl (C=O) groups excluding carboxylic acids is 2. The number of nitrogens with one attached hydrogen (secondary N) is 1. The van der Waals surface area contributed by atoms with Gasteiger partial charge in [-0.1, -0.05) is 43.0 Å². The van der Waals surface area contributed by atoms with Gasteiger partial charge in [-0.3, -0.25) is 14.5 Å². The van der Waals surface area contributed by atoms with Crippen LogP contribution in [0.3, 0.4) is 0 Å². The number of amides is 1. The normalized spacial score (nSPS) is 18.2. The molecule has 0 spiro atoms. The van der Waals surface area contributed by atoms with Gasteiger partial charge in [-0.2, -0.15) is 5.26 Å². The van der Waals surface area contributed by atoms with Gasteiger partial charge in [0.2, 0.25) is 11.0 Å². The van der Waals surface area contributed by atoms with Crippen molar-refractivity contribution in [2.75, 3.05) is 30.2 Å². The van der Waals surface area contributed by atoms with Crippen LogP contribution in [0.25, 0.3) is 0 Å². The van der Waals surface area contributed by atoms with E-state index in [1.165, 1.54) is 41.5 Å². The fraction of sp³-hybridized carbons (Fsp3) is 0.321. The Bertz CT molecular complexity index is 1600. The molecule has 1 aliphatic carbocycles. The number of carbonyl (C=O) groups is 2. The molecule has 5 rings (SSSR count). The third-order valence-electron chi connectivity index (χ3n) is 6.79. The van der Waals surface area contributed by atoms with E-state index in [0.717, 1.165) is 10.6 Å². The molecule has 10 nitrogen and oxygen atoms in total. The zero-order valence-corrected chi connectivity index (χ0v) is 25.3. The lowest BCUT2D eigenvalue weighted by atomic mass is 9.70. The molecule has 41 heavy (non-hydrogen) atoms. The van der Waals surface area contributed by atoms with Gasteiger partial charge in [0.05, 0.1) is 37.5 Å². The van der Waals surface area contributed by atoms with E-state index in [4.69, 9.17) is 15.2 Å². The third-order valence-corrected chi connectivity index (χ3v) is 9.77. The van der Waals surface area contributed by atoms with Crippen LogP contribution < -0.4 is 25.4 Å². The summed E-state index contributed by atoms with van der Waals surface area (Å²) >= 11 is 3.99. The summed E-state index contributed by atoms with van der Waals surface area (Å²) in [5.74, 6) is 0.686. The molecule has 3 N–H and O–H groups in total. The summed E-state index contributed by atoms with van der Waals surface area (Å²) in [6, 6.07) is 11.2. The molecular formula is C28H28N6O4S3. The van der Waals surface area contributed by atoms with E-state index < -0.39 is 5.92 Å². The predicted octanol–water partition coefficient (Wildman–Crippen LogP) is 5.29. The molecule has 0 saturated heterocycles. The Kier molecular flexibility index (Phi) is 8.08. The minimum absolute atomic E-state index is 0.00541.